The van der Waals surface area contributed by atoms with E-state index in [1.165, 1.54) is 11.1 Å². The maximum absolute atomic E-state index is 5.37. The largest absolute Gasteiger partial charge is 0.292 e. The molecule has 0 atom stereocenters. The number of hydrogen-bond acceptors (Lipinski definition) is 3. The van der Waals surface area contributed by atoms with Crippen LogP contribution in [0.4, 0.5) is 0 Å². The van der Waals surface area contributed by atoms with Gasteiger partial charge < -0.3 is 0 Å². The van der Waals surface area contributed by atoms with Crippen molar-refractivity contribution in [3.63, 3.8) is 0 Å². The minimum absolute atomic E-state index is 0.642. The fourth-order valence-corrected chi connectivity index (χ4v) is 8.02. The van der Waals surface area contributed by atoms with Gasteiger partial charge in [-0.25, -0.2) is 15.0 Å². The van der Waals surface area contributed by atoms with Gasteiger partial charge in [0.1, 0.15) is 5.82 Å². The van der Waals surface area contributed by atoms with Gasteiger partial charge in [0.2, 0.25) is 5.95 Å². The minimum Gasteiger partial charge on any atom is -0.292 e. The van der Waals surface area contributed by atoms with Crippen LogP contribution in [0, 0.1) is 0 Å². The molecular formula is C49H31N5. The predicted octanol–water partition coefficient (Wildman–Crippen LogP) is 12.2. The van der Waals surface area contributed by atoms with Gasteiger partial charge in [0.25, 0.3) is 0 Å². The molecule has 0 spiro atoms. The first-order chi connectivity index (χ1) is 26.8. The molecule has 5 nitrogen and oxygen atoms in total. The summed E-state index contributed by atoms with van der Waals surface area (Å²) in [5.74, 6) is 1.56. The van der Waals surface area contributed by atoms with Gasteiger partial charge >= 0.3 is 0 Å². The average molecular weight is 690 g/mol. The molecule has 0 amide bonds. The number of para-hydroxylation sites is 3. The first kappa shape index (κ1) is 30.3. The summed E-state index contributed by atoms with van der Waals surface area (Å²) in [4.78, 5) is 15.8. The van der Waals surface area contributed by atoms with Crippen molar-refractivity contribution in [1.29, 1.82) is 0 Å². The molecule has 3 aromatic heterocycles. The SMILES string of the molecule is c1ccc(-c2ccc(-c3nc(-n4c5ccccc5c5cc6c(ccc7nc(-c8ccccc8)n(-c8ccccc8)c76)cc54)nc4ccccc34)cc2)cc1. The van der Waals surface area contributed by atoms with Crippen LogP contribution >= 0.6 is 0 Å². The molecular weight excluding hydrogens is 659 g/mol. The zero-order valence-electron chi connectivity index (χ0n) is 29.1. The average Bonchev–Trinajstić information content (AvgIpc) is 3.80. The maximum atomic E-state index is 5.37. The lowest BCUT2D eigenvalue weighted by Gasteiger charge is -2.13. The zero-order chi connectivity index (χ0) is 35.6. The Morgan fingerprint density at radius 1 is 0.352 bits per heavy atom. The maximum Gasteiger partial charge on any atom is 0.235 e. The van der Waals surface area contributed by atoms with E-state index < -0.39 is 0 Å². The number of imidazole rings is 1. The number of benzene rings is 8. The first-order valence-corrected chi connectivity index (χ1v) is 18.2. The van der Waals surface area contributed by atoms with Crippen molar-refractivity contribution in [3.8, 4) is 45.4 Å². The van der Waals surface area contributed by atoms with Gasteiger partial charge in [0, 0.05) is 38.4 Å². The van der Waals surface area contributed by atoms with Crippen LogP contribution in [0.2, 0.25) is 0 Å². The van der Waals surface area contributed by atoms with E-state index in [4.69, 9.17) is 15.0 Å². The first-order valence-electron chi connectivity index (χ1n) is 18.2. The fraction of sp³-hybridized carbons (Fsp3) is 0. The molecule has 0 aliphatic rings. The third-order valence-corrected chi connectivity index (χ3v) is 10.5. The highest BCUT2D eigenvalue weighted by Gasteiger charge is 2.21. The second-order valence-corrected chi connectivity index (χ2v) is 13.7. The Morgan fingerprint density at radius 3 is 1.76 bits per heavy atom. The summed E-state index contributed by atoms with van der Waals surface area (Å²) >= 11 is 0. The molecule has 11 aromatic rings. The van der Waals surface area contributed by atoms with E-state index in [1.807, 2.05) is 18.2 Å². The van der Waals surface area contributed by atoms with E-state index in [9.17, 15) is 0 Å². The van der Waals surface area contributed by atoms with E-state index in [0.717, 1.165) is 82.8 Å². The summed E-state index contributed by atoms with van der Waals surface area (Å²) in [6.45, 7) is 0. The number of nitrogens with zero attached hydrogens (tertiary/aromatic N) is 5. The predicted molar refractivity (Wildman–Crippen MR) is 222 cm³/mol. The second-order valence-electron chi connectivity index (χ2n) is 13.7. The van der Waals surface area contributed by atoms with E-state index >= 15 is 0 Å². The summed E-state index contributed by atoms with van der Waals surface area (Å²) < 4.78 is 4.53. The number of fused-ring (bicyclic) bond motifs is 7. The summed E-state index contributed by atoms with van der Waals surface area (Å²) in [5.41, 5.74) is 11.5. The normalized spacial score (nSPS) is 11.7. The second kappa shape index (κ2) is 12.1. The highest BCUT2D eigenvalue weighted by molar-refractivity contribution is 6.18. The van der Waals surface area contributed by atoms with Gasteiger partial charge in [-0.15, -0.1) is 0 Å². The molecule has 54 heavy (non-hydrogen) atoms. The molecule has 0 N–H and O–H groups in total. The molecule has 0 unspecified atom stereocenters. The number of aromatic nitrogens is 5. The zero-order valence-corrected chi connectivity index (χ0v) is 29.1. The Hall–Kier alpha value is -7.37. The van der Waals surface area contributed by atoms with Crippen molar-refractivity contribution in [1.82, 2.24) is 24.1 Å². The van der Waals surface area contributed by atoms with Crippen molar-refractivity contribution in [2.75, 3.05) is 0 Å². The highest BCUT2D eigenvalue weighted by Crippen LogP contribution is 2.39. The van der Waals surface area contributed by atoms with Crippen LogP contribution in [0.5, 0.6) is 0 Å². The highest BCUT2D eigenvalue weighted by atomic mass is 15.2. The van der Waals surface area contributed by atoms with Gasteiger partial charge in [-0.3, -0.25) is 9.13 Å². The number of rotatable bonds is 5. The Kier molecular flexibility index (Phi) is 6.79. The van der Waals surface area contributed by atoms with Crippen LogP contribution in [-0.4, -0.2) is 24.1 Å². The van der Waals surface area contributed by atoms with Gasteiger partial charge in [-0.1, -0.05) is 146 Å². The van der Waals surface area contributed by atoms with Gasteiger partial charge in [0.15, 0.2) is 0 Å². The molecule has 8 aromatic carbocycles. The lowest BCUT2D eigenvalue weighted by Crippen LogP contribution is -2.03. The molecule has 0 aliphatic carbocycles. The monoisotopic (exact) mass is 689 g/mol. The molecule has 0 saturated carbocycles. The van der Waals surface area contributed by atoms with Gasteiger partial charge in [-0.2, -0.15) is 0 Å². The molecule has 0 fully saturated rings. The van der Waals surface area contributed by atoms with E-state index in [-0.39, 0.29) is 0 Å². The smallest absolute Gasteiger partial charge is 0.235 e. The van der Waals surface area contributed by atoms with E-state index in [1.54, 1.807) is 0 Å². The van der Waals surface area contributed by atoms with Crippen molar-refractivity contribution in [2.45, 2.75) is 0 Å². The Balaban J connectivity index is 1.17. The molecule has 5 heteroatoms. The van der Waals surface area contributed by atoms with Crippen LogP contribution in [-0.2, 0) is 0 Å². The topological polar surface area (TPSA) is 48.5 Å². The third kappa shape index (κ3) is 4.76. The minimum atomic E-state index is 0.642. The summed E-state index contributed by atoms with van der Waals surface area (Å²) in [6, 6.07) is 66.0. The summed E-state index contributed by atoms with van der Waals surface area (Å²) in [5, 5.41) is 5.56. The van der Waals surface area contributed by atoms with Crippen LogP contribution in [0.15, 0.2) is 188 Å². The lowest BCUT2D eigenvalue weighted by molar-refractivity contribution is 1.01. The van der Waals surface area contributed by atoms with Crippen molar-refractivity contribution in [3.05, 3.63) is 188 Å². The van der Waals surface area contributed by atoms with Gasteiger partial charge in [-0.05, 0) is 59.0 Å². The van der Waals surface area contributed by atoms with Crippen molar-refractivity contribution in [2.24, 2.45) is 0 Å². The third-order valence-electron chi connectivity index (χ3n) is 10.5. The molecule has 3 heterocycles. The molecule has 252 valence electrons. The van der Waals surface area contributed by atoms with E-state index in [0.29, 0.717) is 5.95 Å². The Bertz CT molecular complexity index is 3180. The van der Waals surface area contributed by atoms with Crippen LogP contribution in [0.1, 0.15) is 0 Å². The standard InChI is InChI=1S/C49H31N5/c1-4-14-32(15-5-1)33-24-26-34(27-25-33)46-39-21-10-12-22-42(39)51-49(52-46)54-44-23-13-11-20-38(44)41-31-40-36(30-45(41)54)28-29-43-47(40)53(37-18-8-3-9-19-37)48(50-43)35-16-6-2-7-17-35/h1-31H. The Morgan fingerprint density at radius 2 is 0.981 bits per heavy atom. The van der Waals surface area contributed by atoms with Crippen molar-refractivity contribution >= 4 is 54.5 Å². The molecule has 0 radical (unpaired) electrons. The van der Waals surface area contributed by atoms with Crippen LogP contribution < -0.4 is 0 Å². The van der Waals surface area contributed by atoms with Crippen molar-refractivity contribution < 1.29 is 0 Å². The fourth-order valence-electron chi connectivity index (χ4n) is 8.02. The van der Waals surface area contributed by atoms with Gasteiger partial charge in [0.05, 0.1) is 33.3 Å². The van der Waals surface area contributed by atoms with Crippen LogP contribution in [0.3, 0.4) is 0 Å². The molecule has 0 bridgehead atoms. The lowest BCUT2D eigenvalue weighted by atomic mass is 10.0. The van der Waals surface area contributed by atoms with Crippen LogP contribution in [0.25, 0.3) is 99.9 Å². The number of hydrogen-bond donors (Lipinski definition) is 0. The van der Waals surface area contributed by atoms with E-state index in [2.05, 4.69) is 179 Å². The molecule has 11 rings (SSSR count). The Labute approximate surface area is 311 Å². The molecule has 0 aliphatic heterocycles. The summed E-state index contributed by atoms with van der Waals surface area (Å²) in [6.07, 6.45) is 0. The molecule has 0 saturated heterocycles. The summed E-state index contributed by atoms with van der Waals surface area (Å²) in [7, 11) is 0. The quantitative estimate of drug-likeness (QED) is 0.181.